The molecular formula is C26H34F6O2Si2. The summed E-state index contributed by atoms with van der Waals surface area (Å²) in [6.07, 6.45) is -10.1. The highest BCUT2D eigenvalue weighted by Gasteiger charge is 2.71. The van der Waals surface area contributed by atoms with Crippen LogP contribution >= 0.6 is 0 Å². The largest absolute Gasteiger partial charge is 0.425 e. The van der Waals surface area contributed by atoms with Crippen LogP contribution in [0.5, 0.6) is 0 Å². The summed E-state index contributed by atoms with van der Waals surface area (Å²) in [6, 6.07) is 4.85. The van der Waals surface area contributed by atoms with E-state index in [9.17, 15) is 0 Å². The van der Waals surface area contributed by atoms with Crippen LogP contribution in [-0.2, 0) is 20.1 Å². The van der Waals surface area contributed by atoms with Crippen molar-refractivity contribution < 1.29 is 35.2 Å². The predicted molar refractivity (Wildman–Crippen MR) is 134 cm³/mol. The number of hydrogen-bond donors (Lipinski definition) is 0. The Morgan fingerprint density at radius 1 is 0.500 bits per heavy atom. The van der Waals surface area contributed by atoms with E-state index in [1.165, 1.54) is 24.3 Å². The van der Waals surface area contributed by atoms with Gasteiger partial charge in [0, 0.05) is 22.3 Å². The van der Waals surface area contributed by atoms with Crippen LogP contribution in [0, 0.1) is 27.7 Å². The van der Waals surface area contributed by atoms with Crippen LogP contribution in [-0.4, -0.2) is 29.0 Å². The van der Waals surface area contributed by atoms with E-state index in [4.69, 9.17) is 8.85 Å². The fourth-order valence-corrected chi connectivity index (χ4v) is 7.46. The van der Waals surface area contributed by atoms with E-state index in [2.05, 4.69) is 0 Å². The first kappa shape index (κ1) is 28.9. The van der Waals surface area contributed by atoms with Gasteiger partial charge in [-0.05, 0) is 89.2 Å². The third-order valence-corrected chi connectivity index (χ3v) is 8.34. The van der Waals surface area contributed by atoms with Gasteiger partial charge in [-0.3, -0.25) is 0 Å². The van der Waals surface area contributed by atoms with Gasteiger partial charge in [-0.2, -0.15) is 26.3 Å². The fourth-order valence-electron chi connectivity index (χ4n) is 4.95. The number of benzene rings is 2. The lowest BCUT2D eigenvalue weighted by molar-refractivity contribution is -0.262. The number of fused-ring (bicyclic) bond motifs is 2. The normalized spacial score (nSPS) is 22.9. The molecule has 0 amide bonds. The molecule has 1 aliphatic carbocycles. The summed E-state index contributed by atoms with van der Waals surface area (Å²) < 4.78 is 105. The van der Waals surface area contributed by atoms with Gasteiger partial charge in [-0.25, -0.2) is 0 Å². The highest BCUT2D eigenvalue weighted by molar-refractivity contribution is 6.70. The third-order valence-electron chi connectivity index (χ3n) is 6.50. The van der Waals surface area contributed by atoms with Gasteiger partial charge in [-0.15, -0.1) is 0 Å². The summed E-state index contributed by atoms with van der Waals surface area (Å²) in [5.41, 5.74) is -6.57. The monoisotopic (exact) mass is 548 g/mol. The maximum atomic E-state index is 15.4. The average Bonchev–Trinajstić information content (AvgIpc) is 2.64. The van der Waals surface area contributed by atoms with Crippen molar-refractivity contribution in [3.63, 3.8) is 0 Å². The van der Waals surface area contributed by atoms with E-state index in [1.54, 1.807) is 67.0 Å². The summed E-state index contributed by atoms with van der Waals surface area (Å²) in [5.74, 6) is 0. The zero-order valence-electron chi connectivity index (χ0n) is 22.4. The number of hydrogen-bond acceptors (Lipinski definition) is 2. The Balaban J connectivity index is 2.75. The van der Waals surface area contributed by atoms with Crippen molar-refractivity contribution in [1.82, 2.24) is 0 Å². The molecule has 0 unspecified atom stereocenters. The lowest BCUT2D eigenvalue weighted by Crippen LogP contribution is -2.61. The van der Waals surface area contributed by atoms with Crippen molar-refractivity contribution in [3.8, 4) is 0 Å². The second-order valence-electron chi connectivity index (χ2n) is 11.8. The summed E-state index contributed by atoms with van der Waals surface area (Å²) >= 11 is 0. The Hall–Kier alpha value is -1.63. The number of rotatable bonds is 4. The summed E-state index contributed by atoms with van der Waals surface area (Å²) in [4.78, 5) is 0. The molecule has 36 heavy (non-hydrogen) atoms. The molecule has 0 saturated carbocycles. The molecule has 2 nitrogen and oxygen atoms in total. The van der Waals surface area contributed by atoms with Gasteiger partial charge in [0.1, 0.15) is 0 Å². The fraction of sp³-hybridized carbons (Fsp3) is 0.538. The standard InChI is InChI=1S/C26H34F6O2Si2/c1-15-11-19-20(12-16(15)2)24(26(30,31)32,34-36(8,9)10)22-14-18(4)17(3)13-21(22)23(19,25(27,28)29)33-35(5,6)7/h11-14H,1-10H3. The molecule has 0 aromatic heterocycles. The zero-order valence-corrected chi connectivity index (χ0v) is 24.4. The average molecular weight is 549 g/mol. The third kappa shape index (κ3) is 4.48. The first-order chi connectivity index (χ1) is 16.0. The van der Waals surface area contributed by atoms with Crippen LogP contribution < -0.4 is 0 Å². The molecule has 0 fully saturated rings. The van der Waals surface area contributed by atoms with E-state index < -0.39 is 62.4 Å². The summed E-state index contributed by atoms with van der Waals surface area (Å²) in [6.45, 7) is 16.0. The number of halogens is 6. The molecule has 10 heteroatoms. The lowest BCUT2D eigenvalue weighted by Gasteiger charge is -2.53. The molecule has 0 bridgehead atoms. The maximum Gasteiger partial charge on any atom is 0.425 e. The van der Waals surface area contributed by atoms with Crippen LogP contribution in [0.3, 0.4) is 0 Å². The molecule has 1 aliphatic rings. The second-order valence-corrected chi connectivity index (χ2v) is 20.6. The van der Waals surface area contributed by atoms with E-state index in [0.717, 1.165) is 0 Å². The SMILES string of the molecule is Cc1cc2c(cc1C)C(O[Si](C)(C)C)(C(F)(F)F)c1cc(C)c(C)cc1C2(O[Si](C)(C)C)C(F)(F)F. The Kier molecular flexibility index (Phi) is 6.78. The van der Waals surface area contributed by atoms with Gasteiger partial charge in [0.25, 0.3) is 0 Å². The molecule has 3 rings (SSSR count). The Labute approximate surface area is 211 Å². The maximum absolute atomic E-state index is 15.4. The lowest BCUT2D eigenvalue weighted by atomic mass is 9.65. The molecular weight excluding hydrogens is 514 g/mol. The summed E-state index contributed by atoms with van der Waals surface area (Å²) in [5, 5.41) is 0. The van der Waals surface area contributed by atoms with Gasteiger partial charge >= 0.3 is 12.4 Å². The van der Waals surface area contributed by atoms with Crippen molar-refractivity contribution in [2.24, 2.45) is 0 Å². The Morgan fingerprint density at radius 3 is 0.833 bits per heavy atom. The van der Waals surface area contributed by atoms with E-state index in [1.807, 2.05) is 0 Å². The Bertz CT molecular complexity index is 1040. The second kappa shape index (κ2) is 8.44. The van der Waals surface area contributed by atoms with Crippen molar-refractivity contribution in [2.45, 2.75) is 90.5 Å². The van der Waals surface area contributed by atoms with E-state index >= 15 is 26.3 Å². The minimum atomic E-state index is -5.04. The van der Waals surface area contributed by atoms with Gasteiger partial charge < -0.3 is 8.85 Å². The molecule has 0 saturated heterocycles. The Morgan fingerprint density at radius 2 is 0.694 bits per heavy atom. The van der Waals surface area contributed by atoms with E-state index in [0.29, 0.717) is 22.3 Å². The van der Waals surface area contributed by atoms with Crippen LogP contribution in [0.1, 0.15) is 44.5 Å². The quantitative estimate of drug-likeness (QED) is 0.282. The van der Waals surface area contributed by atoms with E-state index in [-0.39, 0.29) is 0 Å². The first-order valence-electron chi connectivity index (χ1n) is 11.8. The molecule has 0 aliphatic heterocycles. The minimum absolute atomic E-state index is 0.443. The first-order valence-corrected chi connectivity index (χ1v) is 18.6. The van der Waals surface area contributed by atoms with Crippen LogP contribution in [0.4, 0.5) is 26.3 Å². The zero-order chi connectivity index (χ0) is 27.9. The molecule has 0 spiro atoms. The number of aryl methyl sites for hydroxylation is 4. The van der Waals surface area contributed by atoms with Gasteiger partial charge in [0.2, 0.25) is 11.2 Å². The molecule has 0 atom stereocenters. The topological polar surface area (TPSA) is 18.5 Å². The number of alkyl halides is 6. The van der Waals surface area contributed by atoms with Crippen molar-refractivity contribution in [2.75, 3.05) is 0 Å². The van der Waals surface area contributed by atoms with Crippen molar-refractivity contribution in [3.05, 3.63) is 68.8 Å². The van der Waals surface area contributed by atoms with Gasteiger partial charge in [0.15, 0.2) is 16.6 Å². The van der Waals surface area contributed by atoms with Gasteiger partial charge in [0.05, 0.1) is 0 Å². The summed E-state index contributed by atoms with van der Waals surface area (Å²) in [7, 11) is -6.00. The van der Waals surface area contributed by atoms with Crippen molar-refractivity contribution in [1.29, 1.82) is 0 Å². The smallest absolute Gasteiger partial charge is 0.397 e. The predicted octanol–water partition coefficient (Wildman–Crippen LogP) is 8.55. The minimum Gasteiger partial charge on any atom is -0.397 e. The van der Waals surface area contributed by atoms with Crippen LogP contribution in [0.25, 0.3) is 0 Å². The molecule has 2 aromatic carbocycles. The highest BCUT2D eigenvalue weighted by Crippen LogP contribution is 2.63. The molecule has 200 valence electrons. The molecule has 0 radical (unpaired) electrons. The van der Waals surface area contributed by atoms with Crippen molar-refractivity contribution >= 4 is 16.6 Å². The highest BCUT2D eigenvalue weighted by atomic mass is 28.4. The molecule has 0 heterocycles. The molecule has 2 aromatic rings. The van der Waals surface area contributed by atoms with Crippen LogP contribution in [0.15, 0.2) is 24.3 Å². The van der Waals surface area contributed by atoms with Crippen LogP contribution in [0.2, 0.25) is 39.3 Å². The molecule has 0 N–H and O–H groups in total. The van der Waals surface area contributed by atoms with Gasteiger partial charge in [-0.1, -0.05) is 24.3 Å².